The van der Waals surface area contributed by atoms with Crippen molar-refractivity contribution in [2.75, 3.05) is 12.8 Å². The van der Waals surface area contributed by atoms with E-state index >= 15 is 0 Å². The molecule has 0 fully saturated rings. The number of rotatable bonds is 1. The smallest absolute Gasteiger partial charge is 0.356 e. The number of ether oxygens (including phenoxy) is 1. The van der Waals surface area contributed by atoms with E-state index < -0.39 is 5.97 Å². The number of nitriles is 1. The van der Waals surface area contributed by atoms with E-state index in [1.807, 2.05) is 6.07 Å². The van der Waals surface area contributed by atoms with Gasteiger partial charge in [0.1, 0.15) is 5.82 Å². The molecule has 0 aromatic carbocycles. The van der Waals surface area contributed by atoms with Gasteiger partial charge in [0.15, 0.2) is 5.69 Å². The van der Waals surface area contributed by atoms with Gasteiger partial charge in [0.2, 0.25) is 0 Å². The number of nitrogens with two attached hydrogens (primary N) is 1. The quantitative estimate of drug-likeness (QED) is 0.624. The molecule has 0 spiro atoms. The highest BCUT2D eigenvalue weighted by Gasteiger charge is 2.08. The van der Waals surface area contributed by atoms with Crippen LogP contribution in [0.4, 0.5) is 5.82 Å². The lowest BCUT2D eigenvalue weighted by Gasteiger charge is -1.99. The van der Waals surface area contributed by atoms with E-state index in [1.165, 1.54) is 19.2 Å². The largest absolute Gasteiger partial charge is 0.464 e. The minimum atomic E-state index is -0.608. The molecule has 0 bridgehead atoms. The summed E-state index contributed by atoms with van der Waals surface area (Å²) < 4.78 is 4.42. The van der Waals surface area contributed by atoms with E-state index in [4.69, 9.17) is 11.0 Å². The van der Waals surface area contributed by atoms with Gasteiger partial charge >= 0.3 is 5.97 Å². The number of carbonyl (C=O) groups is 1. The number of pyridine rings is 1. The van der Waals surface area contributed by atoms with E-state index in [9.17, 15) is 4.79 Å². The van der Waals surface area contributed by atoms with Crippen LogP contribution in [0.2, 0.25) is 0 Å². The fraction of sp³-hybridized carbons (Fsp3) is 0.125. The van der Waals surface area contributed by atoms with Crippen molar-refractivity contribution in [3.05, 3.63) is 23.4 Å². The number of nitrogens with zero attached hydrogens (tertiary/aromatic N) is 2. The summed E-state index contributed by atoms with van der Waals surface area (Å²) in [7, 11) is 1.24. The van der Waals surface area contributed by atoms with Gasteiger partial charge < -0.3 is 10.5 Å². The molecule has 5 heteroatoms. The number of methoxy groups -OCH3 is 1. The monoisotopic (exact) mass is 177 g/mol. The van der Waals surface area contributed by atoms with E-state index in [0.717, 1.165) is 0 Å². The number of hydrogen-bond acceptors (Lipinski definition) is 5. The van der Waals surface area contributed by atoms with Gasteiger partial charge in [-0.2, -0.15) is 5.26 Å². The number of hydrogen-bond donors (Lipinski definition) is 1. The summed E-state index contributed by atoms with van der Waals surface area (Å²) in [6.07, 6.45) is 0. The molecule has 0 amide bonds. The number of aromatic nitrogens is 1. The summed E-state index contributed by atoms with van der Waals surface area (Å²) in [5.41, 5.74) is 5.68. The van der Waals surface area contributed by atoms with E-state index in [1.54, 1.807) is 0 Å². The molecule has 66 valence electrons. The predicted molar refractivity (Wildman–Crippen MR) is 44.7 cm³/mol. The molecule has 2 N–H and O–H groups in total. The van der Waals surface area contributed by atoms with Crippen molar-refractivity contribution in [1.82, 2.24) is 4.98 Å². The fourth-order valence-electron chi connectivity index (χ4n) is 0.826. The van der Waals surface area contributed by atoms with E-state index in [-0.39, 0.29) is 17.1 Å². The number of nitrogen functional groups attached to an aromatic ring is 1. The Bertz CT molecular complexity index is 381. The molecule has 0 unspecified atom stereocenters. The molecule has 1 aromatic rings. The van der Waals surface area contributed by atoms with Gasteiger partial charge in [-0.1, -0.05) is 0 Å². The number of esters is 1. The van der Waals surface area contributed by atoms with Crippen LogP contribution in [0.1, 0.15) is 16.1 Å². The van der Waals surface area contributed by atoms with Crippen LogP contribution in [0.15, 0.2) is 12.1 Å². The Morgan fingerprint density at radius 2 is 2.38 bits per heavy atom. The molecule has 1 heterocycles. The standard InChI is InChI=1S/C8H7N3O2/c1-13-8(12)6-2-5(4-9)3-7(10)11-6/h2-3H,1H3,(H2,10,11). The maximum atomic E-state index is 11.0. The highest BCUT2D eigenvalue weighted by atomic mass is 16.5. The third-order valence-corrected chi connectivity index (χ3v) is 1.37. The molecule has 1 aromatic heterocycles. The molecule has 0 saturated heterocycles. The van der Waals surface area contributed by atoms with Crippen LogP contribution in [-0.4, -0.2) is 18.1 Å². The van der Waals surface area contributed by atoms with Gasteiger partial charge in [-0.05, 0) is 12.1 Å². The topological polar surface area (TPSA) is 89.0 Å². The zero-order valence-corrected chi connectivity index (χ0v) is 6.94. The van der Waals surface area contributed by atoms with Crippen molar-refractivity contribution in [2.45, 2.75) is 0 Å². The molecular weight excluding hydrogens is 170 g/mol. The first-order valence-corrected chi connectivity index (χ1v) is 3.43. The molecule has 5 nitrogen and oxygen atoms in total. The first kappa shape index (κ1) is 9.00. The lowest BCUT2D eigenvalue weighted by Crippen LogP contribution is -2.06. The van der Waals surface area contributed by atoms with Gasteiger partial charge in [0.05, 0.1) is 18.7 Å². The second-order valence-corrected chi connectivity index (χ2v) is 2.27. The molecule has 0 aliphatic rings. The average Bonchev–Trinajstić information content (AvgIpc) is 2.15. The van der Waals surface area contributed by atoms with Crippen LogP contribution in [0.5, 0.6) is 0 Å². The maximum Gasteiger partial charge on any atom is 0.356 e. The predicted octanol–water partition coefficient (Wildman–Crippen LogP) is 0.322. The Labute approximate surface area is 74.8 Å². The second-order valence-electron chi connectivity index (χ2n) is 2.27. The third-order valence-electron chi connectivity index (χ3n) is 1.37. The first-order chi connectivity index (χ1) is 6.17. The minimum Gasteiger partial charge on any atom is -0.464 e. The molecule has 13 heavy (non-hydrogen) atoms. The molecule has 0 aliphatic carbocycles. The van der Waals surface area contributed by atoms with Crippen LogP contribution in [-0.2, 0) is 4.74 Å². The molecular formula is C8H7N3O2. The third kappa shape index (κ3) is 1.93. The van der Waals surface area contributed by atoms with Crippen LogP contribution >= 0.6 is 0 Å². The summed E-state index contributed by atoms with van der Waals surface area (Å²) in [6, 6.07) is 4.56. The summed E-state index contributed by atoms with van der Waals surface area (Å²) in [5.74, 6) is -0.483. The fourth-order valence-corrected chi connectivity index (χ4v) is 0.826. The van der Waals surface area contributed by atoms with Crippen molar-refractivity contribution in [2.24, 2.45) is 0 Å². The summed E-state index contributed by atoms with van der Waals surface area (Å²) in [6.45, 7) is 0. The number of carbonyl (C=O) groups excluding carboxylic acids is 1. The van der Waals surface area contributed by atoms with Crippen molar-refractivity contribution in [1.29, 1.82) is 5.26 Å². The zero-order chi connectivity index (χ0) is 9.84. The SMILES string of the molecule is COC(=O)c1cc(C#N)cc(N)n1. The Hall–Kier alpha value is -2.09. The Morgan fingerprint density at radius 1 is 1.69 bits per heavy atom. The van der Waals surface area contributed by atoms with Gasteiger partial charge in [0.25, 0.3) is 0 Å². The molecule has 0 saturated carbocycles. The normalized spacial score (nSPS) is 8.92. The summed E-state index contributed by atoms with van der Waals surface area (Å²) in [4.78, 5) is 14.7. The van der Waals surface area contributed by atoms with Crippen molar-refractivity contribution < 1.29 is 9.53 Å². The van der Waals surface area contributed by atoms with Crippen LogP contribution in [0, 0.1) is 11.3 Å². The zero-order valence-electron chi connectivity index (χ0n) is 6.94. The second kappa shape index (κ2) is 3.54. The van der Waals surface area contributed by atoms with Crippen molar-refractivity contribution in [3.63, 3.8) is 0 Å². The first-order valence-electron chi connectivity index (χ1n) is 3.43. The lowest BCUT2D eigenvalue weighted by atomic mass is 10.2. The molecule has 1 rings (SSSR count). The summed E-state index contributed by atoms with van der Waals surface area (Å²) in [5, 5.41) is 8.56. The van der Waals surface area contributed by atoms with Gasteiger partial charge in [0, 0.05) is 0 Å². The Balaban J connectivity index is 3.17. The van der Waals surface area contributed by atoms with Crippen LogP contribution < -0.4 is 5.73 Å². The minimum absolute atomic E-state index is 0.0408. The van der Waals surface area contributed by atoms with Crippen molar-refractivity contribution >= 4 is 11.8 Å². The molecule has 0 aliphatic heterocycles. The van der Waals surface area contributed by atoms with E-state index in [0.29, 0.717) is 0 Å². The van der Waals surface area contributed by atoms with Gasteiger partial charge in [-0.15, -0.1) is 0 Å². The van der Waals surface area contributed by atoms with Crippen LogP contribution in [0.3, 0.4) is 0 Å². The van der Waals surface area contributed by atoms with Gasteiger partial charge in [-0.3, -0.25) is 0 Å². The van der Waals surface area contributed by atoms with Crippen molar-refractivity contribution in [3.8, 4) is 6.07 Å². The number of anilines is 1. The summed E-state index contributed by atoms with van der Waals surface area (Å²) >= 11 is 0. The highest BCUT2D eigenvalue weighted by molar-refractivity contribution is 5.88. The van der Waals surface area contributed by atoms with E-state index in [2.05, 4.69) is 9.72 Å². The van der Waals surface area contributed by atoms with Gasteiger partial charge in [-0.25, -0.2) is 9.78 Å². The molecule has 0 radical (unpaired) electrons. The van der Waals surface area contributed by atoms with Crippen LogP contribution in [0.25, 0.3) is 0 Å². The molecule has 0 atom stereocenters. The average molecular weight is 177 g/mol. The lowest BCUT2D eigenvalue weighted by molar-refractivity contribution is 0.0594. The maximum absolute atomic E-state index is 11.0. The Morgan fingerprint density at radius 3 is 2.92 bits per heavy atom. The highest BCUT2D eigenvalue weighted by Crippen LogP contribution is 2.07. The Kier molecular flexibility index (Phi) is 2.45.